The molecule has 1 atom stereocenters. The Kier molecular flexibility index (Phi) is 5.68. The quantitative estimate of drug-likeness (QED) is 0.907. The minimum absolute atomic E-state index is 0.0383. The summed E-state index contributed by atoms with van der Waals surface area (Å²) in [6, 6.07) is 6.60. The number of rotatable bonds is 4. The summed E-state index contributed by atoms with van der Waals surface area (Å²) >= 11 is 0. The monoisotopic (exact) mass is 348 g/mol. The number of hydrogen-bond donors (Lipinski definition) is 1. The molecule has 0 bridgehead atoms. The summed E-state index contributed by atoms with van der Waals surface area (Å²) in [5.74, 6) is -1.20. The van der Waals surface area contributed by atoms with E-state index in [1.807, 2.05) is 11.0 Å². The van der Waals surface area contributed by atoms with Gasteiger partial charge < -0.3 is 10.0 Å². The Labute approximate surface area is 147 Å². The number of likely N-dealkylation sites (tertiary alicyclic amines) is 2. The van der Waals surface area contributed by atoms with Crippen molar-refractivity contribution in [2.45, 2.75) is 32.2 Å². The molecule has 5 nitrogen and oxygen atoms in total. The van der Waals surface area contributed by atoms with Gasteiger partial charge in [0.15, 0.2) is 0 Å². The number of aliphatic carboxylic acids is 1. The van der Waals surface area contributed by atoms with Crippen molar-refractivity contribution in [1.82, 2.24) is 9.80 Å². The maximum absolute atomic E-state index is 13.3. The molecule has 0 radical (unpaired) electrons. The third-order valence-electron chi connectivity index (χ3n) is 5.31. The molecule has 0 spiro atoms. The first-order chi connectivity index (χ1) is 12.0. The Morgan fingerprint density at radius 3 is 2.56 bits per heavy atom. The summed E-state index contributed by atoms with van der Waals surface area (Å²) in [4.78, 5) is 27.9. The van der Waals surface area contributed by atoms with Crippen molar-refractivity contribution in [3.63, 3.8) is 0 Å². The van der Waals surface area contributed by atoms with Crippen LogP contribution in [0.15, 0.2) is 24.3 Å². The van der Waals surface area contributed by atoms with Crippen LogP contribution in [0, 0.1) is 17.7 Å². The first-order valence-corrected chi connectivity index (χ1v) is 9.01. The van der Waals surface area contributed by atoms with E-state index in [1.165, 1.54) is 6.07 Å². The van der Waals surface area contributed by atoms with Crippen LogP contribution in [0.2, 0.25) is 0 Å². The van der Waals surface area contributed by atoms with Crippen LogP contribution in [0.1, 0.15) is 31.2 Å². The van der Waals surface area contributed by atoms with Crippen LogP contribution in [0.25, 0.3) is 0 Å². The lowest BCUT2D eigenvalue weighted by atomic mass is 9.92. The molecule has 2 fully saturated rings. The molecule has 1 aromatic rings. The zero-order chi connectivity index (χ0) is 17.8. The van der Waals surface area contributed by atoms with Crippen molar-refractivity contribution in [1.29, 1.82) is 0 Å². The summed E-state index contributed by atoms with van der Waals surface area (Å²) in [5, 5.41) is 9.07. The largest absolute Gasteiger partial charge is 0.481 e. The third-order valence-corrected chi connectivity index (χ3v) is 5.31. The zero-order valence-corrected chi connectivity index (χ0v) is 14.4. The van der Waals surface area contributed by atoms with E-state index >= 15 is 0 Å². The average Bonchev–Trinajstić information content (AvgIpc) is 2.61. The standard InChI is InChI=1S/C19H25FN2O3/c20-17-5-1-3-14(11-17)12-21-8-2-4-16(13-21)18(23)22-9-6-15(7-10-22)19(24)25/h1,3,5,11,15-16H,2,4,6-10,12-13H2,(H,24,25). The number of carbonyl (C=O) groups excluding carboxylic acids is 1. The highest BCUT2D eigenvalue weighted by molar-refractivity contribution is 5.79. The second kappa shape index (κ2) is 7.95. The van der Waals surface area contributed by atoms with Crippen LogP contribution in [0.5, 0.6) is 0 Å². The maximum atomic E-state index is 13.3. The zero-order valence-electron chi connectivity index (χ0n) is 14.4. The van der Waals surface area contributed by atoms with E-state index in [0.29, 0.717) is 39.0 Å². The normalized spacial score (nSPS) is 22.8. The van der Waals surface area contributed by atoms with Gasteiger partial charge in [-0.25, -0.2) is 4.39 Å². The highest BCUT2D eigenvalue weighted by atomic mass is 19.1. The van der Waals surface area contributed by atoms with Crippen LogP contribution in [0.4, 0.5) is 4.39 Å². The molecule has 2 aliphatic rings. The second-order valence-electron chi connectivity index (χ2n) is 7.14. The fourth-order valence-corrected chi connectivity index (χ4v) is 3.90. The minimum Gasteiger partial charge on any atom is -0.481 e. The fraction of sp³-hybridized carbons (Fsp3) is 0.579. The van der Waals surface area contributed by atoms with E-state index in [0.717, 1.165) is 24.9 Å². The summed E-state index contributed by atoms with van der Waals surface area (Å²) < 4.78 is 13.3. The van der Waals surface area contributed by atoms with Crippen LogP contribution in [-0.4, -0.2) is 53.0 Å². The predicted octanol–water partition coefficient (Wildman–Crippen LogP) is 2.36. The van der Waals surface area contributed by atoms with Crippen molar-refractivity contribution in [2.75, 3.05) is 26.2 Å². The Hall–Kier alpha value is -1.95. The summed E-state index contributed by atoms with van der Waals surface area (Å²) in [5.41, 5.74) is 0.926. The number of piperidine rings is 2. The molecule has 6 heteroatoms. The van der Waals surface area contributed by atoms with Gasteiger partial charge in [0.2, 0.25) is 5.91 Å². The molecule has 25 heavy (non-hydrogen) atoms. The smallest absolute Gasteiger partial charge is 0.306 e. The van der Waals surface area contributed by atoms with Gasteiger partial charge in [0.25, 0.3) is 0 Å². The number of nitrogens with zero attached hydrogens (tertiary/aromatic N) is 2. The lowest BCUT2D eigenvalue weighted by Gasteiger charge is -2.37. The van der Waals surface area contributed by atoms with E-state index in [1.54, 1.807) is 12.1 Å². The molecule has 1 unspecified atom stereocenters. The molecule has 0 aliphatic carbocycles. The number of carboxylic acid groups (broad SMARTS) is 1. The summed E-state index contributed by atoms with van der Waals surface area (Å²) in [6.45, 7) is 3.34. The highest BCUT2D eigenvalue weighted by Crippen LogP contribution is 2.24. The van der Waals surface area contributed by atoms with E-state index in [4.69, 9.17) is 5.11 Å². The maximum Gasteiger partial charge on any atom is 0.306 e. The lowest BCUT2D eigenvalue weighted by Crippen LogP contribution is -2.47. The molecule has 2 heterocycles. The number of carboxylic acids is 1. The predicted molar refractivity (Wildman–Crippen MR) is 91.3 cm³/mol. The molecule has 136 valence electrons. The molecule has 2 aliphatic heterocycles. The summed E-state index contributed by atoms with van der Waals surface area (Å²) in [6.07, 6.45) is 2.91. The SMILES string of the molecule is O=C(O)C1CCN(C(=O)C2CCCN(Cc3cccc(F)c3)C2)CC1. The van der Waals surface area contributed by atoms with E-state index in [2.05, 4.69) is 4.90 Å². The van der Waals surface area contributed by atoms with E-state index in [9.17, 15) is 14.0 Å². The van der Waals surface area contributed by atoms with Gasteiger partial charge in [-0.3, -0.25) is 14.5 Å². The lowest BCUT2D eigenvalue weighted by molar-refractivity contribution is -0.147. The molecule has 3 rings (SSSR count). The number of benzene rings is 1. The van der Waals surface area contributed by atoms with Crippen molar-refractivity contribution in [3.05, 3.63) is 35.6 Å². The Bertz CT molecular complexity index is 629. The number of halogens is 1. The Balaban J connectivity index is 1.54. The van der Waals surface area contributed by atoms with Crippen molar-refractivity contribution in [3.8, 4) is 0 Å². The van der Waals surface area contributed by atoms with Crippen LogP contribution in [-0.2, 0) is 16.1 Å². The molecule has 0 saturated carbocycles. The van der Waals surface area contributed by atoms with Gasteiger partial charge in [0.05, 0.1) is 11.8 Å². The number of hydrogen-bond acceptors (Lipinski definition) is 3. The highest BCUT2D eigenvalue weighted by Gasteiger charge is 2.32. The molecule has 1 amide bonds. The number of amides is 1. The topological polar surface area (TPSA) is 60.9 Å². The van der Waals surface area contributed by atoms with Crippen LogP contribution in [0.3, 0.4) is 0 Å². The molecule has 2 saturated heterocycles. The van der Waals surface area contributed by atoms with Crippen LogP contribution < -0.4 is 0 Å². The molecule has 1 aromatic carbocycles. The van der Waals surface area contributed by atoms with Gasteiger partial charge in [-0.05, 0) is 49.9 Å². The Morgan fingerprint density at radius 2 is 1.88 bits per heavy atom. The molecule has 0 aromatic heterocycles. The van der Waals surface area contributed by atoms with E-state index < -0.39 is 5.97 Å². The minimum atomic E-state index is -0.758. The van der Waals surface area contributed by atoms with Gasteiger partial charge in [0, 0.05) is 26.2 Å². The van der Waals surface area contributed by atoms with Gasteiger partial charge >= 0.3 is 5.97 Å². The first kappa shape index (κ1) is 17.9. The molecular weight excluding hydrogens is 323 g/mol. The molecule has 1 N–H and O–H groups in total. The van der Waals surface area contributed by atoms with E-state index in [-0.39, 0.29) is 23.6 Å². The fourth-order valence-electron chi connectivity index (χ4n) is 3.90. The van der Waals surface area contributed by atoms with Gasteiger partial charge in [-0.15, -0.1) is 0 Å². The average molecular weight is 348 g/mol. The summed E-state index contributed by atoms with van der Waals surface area (Å²) in [7, 11) is 0. The van der Waals surface area contributed by atoms with Crippen LogP contribution >= 0.6 is 0 Å². The number of carbonyl (C=O) groups is 2. The Morgan fingerprint density at radius 1 is 1.12 bits per heavy atom. The van der Waals surface area contributed by atoms with Gasteiger partial charge in [-0.1, -0.05) is 12.1 Å². The second-order valence-corrected chi connectivity index (χ2v) is 7.14. The van der Waals surface area contributed by atoms with Crippen molar-refractivity contribution < 1.29 is 19.1 Å². The molecular formula is C19H25FN2O3. The first-order valence-electron chi connectivity index (χ1n) is 9.01. The third kappa shape index (κ3) is 4.57. The van der Waals surface area contributed by atoms with Gasteiger partial charge in [-0.2, -0.15) is 0 Å². The van der Waals surface area contributed by atoms with Gasteiger partial charge in [0.1, 0.15) is 5.82 Å². The van der Waals surface area contributed by atoms with Crippen molar-refractivity contribution >= 4 is 11.9 Å². The van der Waals surface area contributed by atoms with Crippen molar-refractivity contribution in [2.24, 2.45) is 11.8 Å².